The van der Waals surface area contributed by atoms with E-state index in [-0.39, 0.29) is 0 Å². The van der Waals surface area contributed by atoms with Crippen molar-refractivity contribution in [2.45, 2.75) is 38.8 Å². The van der Waals surface area contributed by atoms with E-state index in [0.29, 0.717) is 5.92 Å². The van der Waals surface area contributed by atoms with Crippen LogP contribution in [0.2, 0.25) is 5.02 Å². The summed E-state index contributed by atoms with van der Waals surface area (Å²) >= 11 is 6.27. The number of halogens is 1. The van der Waals surface area contributed by atoms with Gasteiger partial charge in [0.05, 0.1) is 12.2 Å². The largest absolute Gasteiger partial charge is 0.341 e. The summed E-state index contributed by atoms with van der Waals surface area (Å²) in [5, 5.41) is 9.95. The molecule has 0 radical (unpaired) electrons. The zero-order chi connectivity index (χ0) is 20.0. The van der Waals surface area contributed by atoms with Crippen LogP contribution in [0.3, 0.4) is 0 Å². The van der Waals surface area contributed by atoms with Gasteiger partial charge in [-0.3, -0.25) is 9.47 Å². The minimum Gasteiger partial charge on any atom is -0.341 e. The fraction of sp³-hybridized carbons (Fsp3) is 0.429. The lowest BCUT2D eigenvalue weighted by molar-refractivity contribution is 0.315. The van der Waals surface area contributed by atoms with E-state index in [1.54, 1.807) is 0 Å². The van der Waals surface area contributed by atoms with Crippen LogP contribution < -0.4 is 4.90 Å². The van der Waals surface area contributed by atoms with Crippen LogP contribution in [0.4, 0.5) is 5.95 Å². The Morgan fingerprint density at radius 1 is 1.03 bits per heavy atom. The Kier molecular flexibility index (Phi) is 4.72. The quantitative estimate of drug-likeness (QED) is 0.646. The molecule has 1 aromatic carbocycles. The molecule has 150 valence electrons. The van der Waals surface area contributed by atoms with E-state index in [4.69, 9.17) is 11.6 Å². The van der Waals surface area contributed by atoms with E-state index in [9.17, 15) is 0 Å². The standard InChI is InChI=1S/C21H24ClN7/c1-14-10-23-21(24-11-14)28-7-5-15(6-8-28)20-26-25-19-13-27(2)12-16-9-17(22)3-4-18(16)29(19)20/h3-4,9-11,15H,5-8,12-13H2,1-2H3. The fourth-order valence-electron chi connectivity index (χ4n) is 4.33. The van der Waals surface area contributed by atoms with Crippen LogP contribution in [0.5, 0.6) is 0 Å². The second kappa shape index (κ2) is 7.39. The molecule has 0 aliphatic carbocycles. The summed E-state index contributed by atoms with van der Waals surface area (Å²) in [6.07, 6.45) is 5.78. The predicted octanol–water partition coefficient (Wildman–Crippen LogP) is 3.35. The molecule has 0 unspecified atom stereocenters. The third-order valence-electron chi connectivity index (χ3n) is 5.80. The molecule has 2 aliphatic rings. The highest BCUT2D eigenvalue weighted by Crippen LogP contribution is 2.33. The summed E-state index contributed by atoms with van der Waals surface area (Å²) in [6.45, 7) is 5.47. The Labute approximate surface area is 175 Å². The molecule has 5 rings (SSSR count). The highest BCUT2D eigenvalue weighted by molar-refractivity contribution is 6.30. The second-order valence-corrected chi connectivity index (χ2v) is 8.51. The first-order valence-electron chi connectivity index (χ1n) is 10.0. The second-order valence-electron chi connectivity index (χ2n) is 8.08. The van der Waals surface area contributed by atoms with Crippen molar-refractivity contribution in [3.8, 4) is 5.69 Å². The third kappa shape index (κ3) is 3.49. The monoisotopic (exact) mass is 409 g/mol. The fourth-order valence-corrected chi connectivity index (χ4v) is 4.53. The molecular formula is C21H24ClN7. The summed E-state index contributed by atoms with van der Waals surface area (Å²) in [5.41, 5.74) is 3.45. The number of nitrogens with zero attached hydrogens (tertiary/aromatic N) is 7. The van der Waals surface area contributed by atoms with E-state index in [1.165, 1.54) is 5.56 Å². The summed E-state index contributed by atoms with van der Waals surface area (Å²) < 4.78 is 2.26. The predicted molar refractivity (Wildman–Crippen MR) is 112 cm³/mol. The number of hydrogen-bond donors (Lipinski definition) is 0. The van der Waals surface area contributed by atoms with Crippen molar-refractivity contribution in [1.82, 2.24) is 29.6 Å². The van der Waals surface area contributed by atoms with E-state index in [1.807, 2.05) is 25.4 Å². The molecule has 3 aromatic rings. The first-order chi connectivity index (χ1) is 14.1. The number of anilines is 1. The topological polar surface area (TPSA) is 63.0 Å². The van der Waals surface area contributed by atoms with Crippen molar-refractivity contribution in [3.63, 3.8) is 0 Å². The first-order valence-corrected chi connectivity index (χ1v) is 10.4. The highest BCUT2D eigenvalue weighted by Gasteiger charge is 2.30. The molecule has 0 spiro atoms. The van der Waals surface area contributed by atoms with Gasteiger partial charge in [-0.15, -0.1) is 10.2 Å². The van der Waals surface area contributed by atoms with Crippen molar-refractivity contribution in [2.75, 3.05) is 25.0 Å². The average Bonchev–Trinajstić information content (AvgIpc) is 3.06. The normalized spacial score (nSPS) is 17.7. The van der Waals surface area contributed by atoms with Crippen LogP contribution in [-0.2, 0) is 13.1 Å². The Morgan fingerprint density at radius 3 is 2.55 bits per heavy atom. The van der Waals surface area contributed by atoms with Gasteiger partial charge in [-0.25, -0.2) is 9.97 Å². The Hall–Kier alpha value is -2.51. The lowest BCUT2D eigenvalue weighted by Gasteiger charge is -2.31. The van der Waals surface area contributed by atoms with Gasteiger partial charge in [0.15, 0.2) is 5.82 Å². The highest BCUT2D eigenvalue weighted by atomic mass is 35.5. The van der Waals surface area contributed by atoms with E-state index >= 15 is 0 Å². The molecule has 2 aromatic heterocycles. The molecule has 0 saturated carbocycles. The number of hydrogen-bond acceptors (Lipinski definition) is 6. The number of aryl methyl sites for hydroxylation is 1. The van der Waals surface area contributed by atoms with Crippen molar-refractivity contribution in [3.05, 3.63) is 58.4 Å². The van der Waals surface area contributed by atoms with Gasteiger partial charge in [0, 0.05) is 43.0 Å². The van der Waals surface area contributed by atoms with Crippen LogP contribution in [0.1, 0.15) is 41.5 Å². The lowest BCUT2D eigenvalue weighted by Crippen LogP contribution is -2.34. The summed E-state index contributed by atoms with van der Waals surface area (Å²) in [4.78, 5) is 13.5. The zero-order valence-electron chi connectivity index (χ0n) is 16.7. The molecule has 0 bridgehead atoms. The molecule has 2 aliphatic heterocycles. The molecule has 1 fully saturated rings. The molecule has 8 heteroatoms. The van der Waals surface area contributed by atoms with Crippen LogP contribution in [0.15, 0.2) is 30.6 Å². The average molecular weight is 410 g/mol. The Bertz CT molecular complexity index is 1020. The lowest BCUT2D eigenvalue weighted by atomic mass is 9.95. The summed E-state index contributed by atoms with van der Waals surface area (Å²) in [7, 11) is 2.11. The maximum Gasteiger partial charge on any atom is 0.225 e. The maximum absolute atomic E-state index is 6.27. The molecule has 4 heterocycles. The van der Waals surface area contributed by atoms with Gasteiger partial charge in [0.1, 0.15) is 5.82 Å². The van der Waals surface area contributed by atoms with Crippen LogP contribution in [0.25, 0.3) is 5.69 Å². The zero-order valence-corrected chi connectivity index (χ0v) is 17.5. The molecule has 0 atom stereocenters. The number of benzene rings is 1. The van der Waals surface area contributed by atoms with Crippen LogP contribution >= 0.6 is 11.6 Å². The number of rotatable bonds is 2. The van der Waals surface area contributed by atoms with Gasteiger partial charge < -0.3 is 4.90 Å². The minimum atomic E-state index is 0.366. The van der Waals surface area contributed by atoms with Crippen molar-refractivity contribution >= 4 is 17.5 Å². The van der Waals surface area contributed by atoms with Gasteiger partial charge in [0.2, 0.25) is 5.95 Å². The van der Waals surface area contributed by atoms with E-state index in [0.717, 1.165) is 72.9 Å². The van der Waals surface area contributed by atoms with Gasteiger partial charge in [-0.2, -0.15) is 0 Å². The molecule has 1 saturated heterocycles. The third-order valence-corrected chi connectivity index (χ3v) is 6.03. The van der Waals surface area contributed by atoms with Gasteiger partial charge in [0.25, 0.3) is 0 Å². The number of piperidine rings is 1. The van der Waals surface area contributed by atoms with Gasteiger partial charge in [-0.1, -0.05) is 11.6 Å². The van der Waals surface area contributed by atoms with Crippen molar-refractivity contribution in [1.29, 1.82) is 0 Å². The first kappa shape index (κ1) is 18.5. The van der Waals surface area contributed by atoms with Gasteiger partial charge in [-0.05, 0) is 56.1 Å². The molecule has 0 amide bonds. The van der Waals surface area contributed by atoms with Crippen molar-refractivity contribution in [2.24, 2.45) is 0 Å². The molecule has 0 N–H and O–H groups in total. The molecular weight excluding hydrogens is 386 g/mol. The smallest absolute Gasteiger partial charge is 0.225 e. The maximum atomic E-state index is 6.27. The van der Waals surface area contributed by atoms with E-state index in [2.05, 4.69) is 53.7 Å². The van der Waals surface area contributed by atoms with Gasteiger partial charge >= 0.3 is 0 Å². The molecule has 29 heavy (non-hydrogen) atoms. The summed E-state index contributed by atoms with van der Waals surface area (Å²) in [6, 6.07) is 6.11. The Balaban J connectivity index is 1.43. The minimum absolute atomic E-state index is 0.366. The number of aromatic nitrogens is 5. The van der Waals surface area contributed by atoms with Crippen LogP contribution in [-0.4, -0.2) is 49.8 Å². The summed E-state index contributed by atoms with van der Waals surface area (Å²) in [5.74, 6) is 3.23. The van der Waals surface area contributed by atoms with Crippen LogP contribution in [0, 0.1) is 6.92 Å². The van der Waals surface area contributed by atoms with E-state index < -0.39 is 0 Å². The Morgan fingerprint density at radius 2 is 1.79 bits per heavy atom. The van der Waals surface area contributed by atoms with Crippen molar-refractivity contribution < 1.29 is 0 Å². The SMILES string of the molecule is Cc1cnc(N2CCC(c3nnc4n3-c3ccc(Cl)cc3CN(C)C4)CC2)nc1. The molecule has 7 nitrogen and oxygen atoms in total. The number of fused-ring (bicyclic) bond motifs is 3.